The summed E-state index contributed by atoms with van der Waals surface area (Å²) in [6, 6.07) is 18.2. The van der Waals surface area contributed by atoms with Gasteiger partial charge in [-0.15, -0.1) is 0 Å². The van der Waals surface area contributed by atoms with Crippen molar-refractivity contribution in [3.05, 3.63) is 83.7 Å². The van der Waals surface area contributed by atoms with E-state index in [4.69, 9.17) is 4.74 Å². The van der Waals surface area contributed by atoms with Crippen LogP contribution in [0.5, 0.6) is 5.75 Å². The summed E-state index contributed by atoms with van der Waals surface area (Å²) >= 11 is 0. The maximum Gasteiger partial charge on any atom is 0.258 e. The molecule has 7 heteroatoms. The Labute approximate surface area is 185 Å². The van der Waals surface area contributed by atoms with Crippen molar-refractivity contribution in [2.45, 2.75) is 6.42 Å². The Bertz CT molecular complexity index is 1340. The molecule has 0 unspecified atom stereocenters. The highest BCUT2D eigenvalue weighted by atomic mass is 16.5. The lowest BCUT2D eigenvalue weighted by Crippen LogP contribution is -2.28. The normalized spacial score (nSPS) is 12.6. The van der Waals surface area contributed by atoms with Crippen molar-refractivity contribution >= 4 is 34.2 Å². The summed E-state index contributed by atoms with van der Waals surface area (Å²) in [4.78, 5) is 32.0. The first-order valence-electron chi connectivity index (χ1n) is 10.3. The maximum absolute atomic E-state index is 13.1. The molecule has 1 aromatic heterocycles. The van der Waals surface area contributed by atoms with Crippen LogP contribution in [0.25, 0.3) is 11.0 Å². The minimum atomic E-state index is -0.219. The average Bonchev–Trinajstić information content (AvgIpc) is 3.41. The molecule has 1 N–H and O–H groups in total. The Hall–Kier alpha value is -4.13. The molecule has 2 heterocycles. The van der Waals surface area contributed by atoms with Crippen LogP contribution in [0.15, 0.2) is 67.0 Å². The summed E-state index contributed by atoms with van der Waals surface area (Å²) < 4.78 is 7.08. The molecule has 0 radical (unpaired) electrons. The van der Waals surface area contributed by atoms with Crippen molar-refractivity contribution in [3.8, 4) is 5.75 Å². The molecule has 0 aliphatic carbocycles. The molecule has 32 heavy (non-hydrogen) atoms. The summed E-state index contributed by atoms with van der Waals surface area (Å²) in [6.45, 7) is 0.605. The number of hydrogen-bond acceptors (Lipinski definition) is 4. The largest absolute Gasteiger partial charge is 0.497 e. The molecule has 1 aliphatic rings. The number of fused-ring (bicyclic) bond motifs is 2. The van der Waals surface area contributed by atoms with Crippen LogP contribution in [0, 0.1) is 0 Å². The number of nitrogens with zero attached hydrogens (tertiary/aromatic N) is 3. The number of anilines is 2. The van der Waals surface area contributed by atoms with Crippen molar-refractivity contribution in [1.29, 1.82) is 0 Å². The lowest BCUT2D eigenvalue weighted by atomic mass is 10.1. The molecule has 5 rings (SSSR count). The molecule has 0 atom stereocenters. The Balaban J connectivity index is 1.37. The van der Waals surface area contributed by atoms with E-state index in [0.717, 1.165) is 28.7 Å². The third-order valence-electron chi connectivity index (χ3n) is 5.81. The molecule has 2 amide bonds. The fraction of sp³-hybridized carbons (Fsp3) is 0.160. The van der Waals surface area contributed by atoms with Crippen molar-refractivity contribution < 1.29 is 14.3 Å². The SMILES string of the molecule is COc1ccc(C(=O)N2CCc3ccc(NC(=O)c4ccc5c(c4)ncn5C)cc32)cc1. The highest BCUT2D eigenvalue weighted by Crippen LogP contribution is 2.32. The van der Waals surface area contributed by atoms with Crippen LogP contribution in [0.2, 0.25) is 0 Å². The van der Waals surface area contributed by atoms with Crippen molar-refractivity contribution in [2.24, 2.45) is 7.05 Å². The lowest BCUT2D eigenvalue weighted by molar-refractivity contribution is 0.0988. The van der Waals surface area contributed by atoms with Gasteiger partial charge in [-0.2, -0.15) is 0 Å². The number of amides is 2. The van der Waals surface area contributed by atoms with Crippen LogP contribution in [0.3, 0.4) is 0 Å². The van der Waals surface area contributed by atoms with Crippen LogP contribution in [0.1, 0.15) is 26.3 Å². The third kappa shape index (κ3) is 3.47. The Morgan fingerprint density at radius 2 is 1.78 bits per heavy atom. The lowest BCUT2D eigenvalue weighted by Gasteiger charge is -2.18. The number of rotatable bonds is 4. The van der Waals surface area contributed by atoms with E-state index in [1.165, 1.54) is 0 Å². The van der Waals surface area contributed by atoms with Crippen molar-refractivity contribution in [2.75, 3.05) is 23.9 Å². The molecule has 0 fully saturated rings. The molecule has 0 saturated heterocycles. The van der Waals surface area contributed by atoms with Crippen LogP contribution >= 0.6 is 0 Å². The predicted molar refractivity (Wildman–Crippen MR) is 123 cm³/mol. The summed E-state index contributed by atoms with van der Waals surface area (Å²) in [5.41, 5.74) is 5.41. The van der Waals surface area contributed by atoms with E-state index in [9.17, 15) is 9.59 Å². The standard InChI is InChI=1S/C25H22N4O3/c1-28-15-26-21-13-18(6-10-22(21)28)24(30)27-19-7-3-16-11-12-29(23(16)14-19)25(31)17-4-8-20(32-2)9-5-17/h3-10,13-15H,11-12H2,1-2H3,(H,27,30). The molecule has 7 nitrogen and oxygen atoms in total. The summed E-state index contributed by atoms with van der Waals surface area (Å²) in [7, 11) is 3.51. The number of carbonyl (C=O) groups excluding carboxylic acids is 2. The van der Waals surface area contributed by atoms with E-state index in [1.54, 1.807) is 54.7 Å². The quantitative estimate of drug-likeness (QED) is 0.534. The number of imidazole rings is 1. The number of methoxy groups -OCH3 is 1. The zero-order chi connectivity index (χ0) is 22.2. The van der Waals surface area contributed by atoms with E-state index >= 15 is 0 Å². The fourth-order valence-electron chi connectivity index (χ4n) is 4.04. The highest BCUT2D eigenvalue weighted by Gasteiger charge is 2.26. The van der Waals surface area contributed by atoms with Gasteiger partial charge in [0.1, 0.15) is 5.75 Å². The monoisotopic (exact) mass is 426 g/mol. The van der Waals surface area contributed by atoms with E-state index in [-0.39, 0.29) is 11.8 Å². The van der Waals surface area contributed by atoms with E-state index in [0.29, 0.717) is 29.1 Å². The van der Waals surface area contributed by atoms with E-state index < -0.39 is 0 Å². The van der Waals surface area contributed by atoms with Crippen molar-refractivity contribution in [3.63, 3.8) is 0 Å². The second-order valence-corrected chi connectivity index (χ2v) is 7.79. The maximum atomic E-state index is 13.1. The number of benzene rings is 3. The Morgan fingerprint density at radius 3 is 2.56 bits per heavy atom. The summed E-state index contributed by atoms with van der Waals surface area (Å²) in [6.07, 6.45) is 2.50. The highest BCUT2D eigenvalue weighted by molar-refractivity contribution is 6.09. The fourth-order valence-corrected chi connectivity index (χ4v) is 4.04. The van der Waals surface area contributed by atoms with Gasteiger partial charge in [-0.3, -0.25) is 9.59 Å². The van der Waals surface area contributed by atoms with Gasteiger partial charge in [0.25, 0.3) is 11.8 Å². The van der Waals surface area contributed by atoms with Gasteiger partial charge in [0.15, 0.2) is 0 Å². The first-order chi connectivity index (χ1) is 15.5. The van der Waals surface area contributed by atoms with Crippen molar-refractivity contribution in [1.82, 2.24) is 9.55 Å². The topological polar surface area (TPSA) is 76.5 Å². The molecule has 1 aliphatic heterocycles. The first kappa shape index (κ1) is 19.8. The third-order valence-corrected chi connectivity index (χ3v) is 5.81. The Kier molecular flexibility index (Phi) is 4.86. The smallest absolute Gasteiger partial charge is 0.258 e. The molecule has 160 valence electrons. The van der Waals surface area contributed by atoms with Gasteiger partial charge in [0.2, 0.25) is 0 Å². The molecule has 4 aromatic rings. The average molecular weight is 426 g/mol. The summed E-state index contributed by atoms with van der Waals surface area (Å²) in [5.74, 6) is 0.413. The van der Waals surface area contributed by atoms with Crippen LogP contribution in [-0.4, -0.2) is 35.0 Å². The number of nitrogens with one attached hydrogen (secondary N) is 1. The second-order valence-electron chi connectivity index (χ2n) is 7.79. The number of aryl methyl sites for hydroxylation is 1. The first-order valence-corrected chi connectivity index (χ1v) is 10.3. The summed E-state index contributed by atoms with van der Waals surface area (Å²) in [5, 5.41) is 2.95. The second kappa shape index (κ2) is 7.85. The van der Waals surface area contributed by atoms with Gasteiger partial charge in [0.05, 0.1) is 24.5 Å². The molecule has 0 saturated carbocycles. The van der Waals surface area contributed by atoms with Gasteiger partial charge in [-0.05, 0) is 66.6 Å². The number of hydrogen-bond donors (Lipinski definition) is 1. The zero-order valence-electron chi connectivity index (χ0n) is 17.8. The molecular formula is C25H22N4O3. The number of carbonyl (C=O) groups is 2. The van der Waals surface area contributed by atoms with Crippen LogP contribution in [0.4, 0.5) is 11.4 Å². The van der Waals surface area contributed by atoms with E-state index in [1.807, 2.05) is 35.9 Å². The predicted octanol–water partition coefficient (Wildman–Crippen LogP) is 4.04. The molecule has 3 aromatic carbocycles. The van der Waals surface area contributed by atoms with E-state index in [2.05, 4.69) is 10.3 Å². The van der Waals surface area contributed by atoms with Gasteiger partial charge in [-0.1, -0.05) is 6.07 Å². The minimum absolute atomic E-state index is 0.0736. The molecular weight excluding hydrogens is 404 g/mol. The van der Waals surface area contributed by atoms with Crippen LogP contribution in [-0.2, 0) is 13.5 Å². The van der Waals surface area contributed by atoms with Gasteiger partial charge in [0, 0.05) is 36.1 Å². The number of aromatic nitrogens is 2. The van der Waals surface area contributed by atoms with Gasteiger partial charge >= 0.3 is 0 Å². The number of ether oxygens (including phenoxy) is 1. The van der Waals surface area contributed by atoms with Gasteiger partial charge in [-0.25, -0.2) is 4.98 Å². The molecule has 0 spiro atoms. The van der Waals surface area contributed by atoms with Gasteiger partial charge < -0.3 is 19.5 Å². The minimum Gasteiger partial charge on any atom is -0.497 e. The Morgan fingerprint density at radius 1 is 1.00 bits per heavy atom. The molecule has 0 bridgehead atoms. The van der Waals surface area contributed by atoms with Crippen LogP contribution < -0.4 is 15.0 Å². The zero-order valence-corrected chi connectivity index (χ0v) is 17.8.